The predicted octanol–water partition coefficient (Wildman–Crippen LogP) is 5.09. The zero-order valence-corrected chi connectivity index (χ0v) is 12.4. The van der Waals surface area contributed by atoms with E-state index >= 15 is 0 Å². The van der Waals surface area contributed by atoms with Crippen molar-refractivity contribution in [2.45, 2.75) is 13.0 Å². The molecular formula is C14H11BrClFO2. The summed E-state index contributed by atoms with van der Waals surface area (Å²) in [5.74, 6) is 0.122. The van der Waals surface area contributed by atoms with Crippen molar-refractivity contribution in [2.75, 3.05) is 0 Å². The molecule has 100 valence electrons. The third-order valence-corrected chi connectivity index (χ3v) is 3.35. The van der Waals surface area contributed by atoms with Crippen LogP contribution >= 0.6 is 27.5 Å². The lowest BCUT2D eigenvalue weighted by molar-refractivity contribution is 0.190. The van der Waals surface area contributed by atoms with Gasteiger partial charge in [0.05, 0.1) is 16.7 Å². The molecule has 1 N–H and O–H groups in total. The van der Waals surface area contributed by atoms with Crippen LogP contribution in [0.15, 0.2) is 40.9 Å². The Morgan fingerprint density at radius 3 is 2.68 bits per heavy atom. The second kappa shape index (κ2) is 5.90. The molecule has 0 unspecified atom stereocenters. The topological polar surface area (TPSA) is 29.5 Å². The average Bonchev–Trinajstić information content (AvgIpc) is 2.33. The smallest absolute Gasteiger partial charge is 0.147 e. The van der Waals surface area contributed by atoms with Crippen LogP contribution in [0.1, 0.15) is 18.6 Å². The van der Waals surface area contributed by atoms with Gasteiger partial charge in [-0.05, 0) is 37.3 Å². The van der Waals surface area contributed by atoms with E-state index in [0.717, 1.165) is 4.47 Å². The monoisotopic (exact) mass is 344 g/mol. The van der Waals surface area contributed by atoms with E-state index in [-0.39, 0.29) is 11.3 Å². The fourth-order valence-electron chi connectivity index (χ4n) is 1.69. The third kappa shape index (κ3) is 3.26. The van der Waals surface area contributed by atoms with E-state index in [9.17, 15) is 9.50 Å². The molecular weight excluding hydrogens is 335 g/mol. The van der Waals surface area contributed by atoms with Crippen LogP contribution in [0.2, 0.25) is 5.02 Å². The average molecular weight is 346 g/mol. The number of rotatable bonds is 3. The fraction of sp³-hybridized carbons (Fsp3) is 0.143. The highest BCUT2D eigenvalue weighted by atomic mass is 79.9. The Morgan fingerprint density at radius 1 is 1.26 bits per heavy atom. The van der Waals surface area contributed by atoms with E-state index in [2.05, 4.69) is 15.9 Å². The molecule has 0 heterocycles. The van der Waals surface area contributed by atoms with Gasteiger partial charge in [0.25, 0.3) is 0 Å². The number of benzene rings is 2. The molecule has 0 bridgehead atoms. The van der Waals surface area contributed by atoms with Crippen molar-refractivity contribution in [1.82, 2.24) is 0 Å². The van der Waals surface area contributed by atoms with E-state index in [4.69, 9.17) is 16.3 Å². The van der Waals surface area contributed by atoms with E-state index < -0.39 is 11.9 Å². The van der Waals surface area contributed by atoms with Gasteiger partial charge < -0.3 is 9.84 Å². The highest BCUT2D eigenvalue weighted by molar-refractivity contribution is 9.10. The van der Waals surface area contributed by atoms with Gasteiger partial charge in [-0.25, -0.2) is 4.39 Å². The maximum atomic E-state index is 13.7. The molecule has 0 aliphatic rings. The first-order valence-corrected chi connectivity index (χ1v) is 6.75. The summed E-state index contributed by atoms with van der Waals surface area (Å²) >= 11 is 9.33. The van der Waals surface area contributed by atoms with Gasteiger partial charge in [-0.1, -0.05) is 33.6 Å². The van der Waals surface area contributed by atoms with Crippen molar-refractivity contribution in [2.24, 2.45) is 0 Å². The van der Waals surface area contributed by atoms with Crippen molar-refractivity contribution in [3.8, 4) is 11.5 Å². The number of ether oxygens (including phenoxy) is 1. The minimum atomic E-state index is -0.970. The third-order valence-electron chi connectivity index (χ3n) is 2.54. The lowest BCUT2D eigenvalue weighted by atomic mass is 10.1. The van der Waals surface area contributed by atoms with E-state index in [1.54, 1.807) is 24.3 Å². The molecule has 2 aromatic rings. The first-order valence-electron chi connectivity index (χ1n) is 5.58. The van der Waals surface area contributed by atoms with Gasteiger partial charge in [0, 0.05) is 4.47 Å². The molecule has 2 aromatic carbocycles. The van der Waals surface area contributed by atoms with E-state index in [1.165, 1.54) is 19.1 Å². The van der Waals surface area contributed by atoms with Crippen molar-refractivity contribution in [3.63, 3.8) is 0 Å². The maximum Gasteiger partial charge on any atom is 0.147 e. The Hall–Kier alpha value is -1.10. The Morgan fingerprint density at radius 2 is 2.00 bits per heavy atom. The molecule has 0 aromatic heterocycles. The molecule has 0 aliphatic heterocycles. The summed E-state index contributed by atoms with van der Waals surface area (Å²) in [4.78, 5) is 0. The molecule has 19 heavy (non-hydrogen) atoms. The summed E-state index contributed by atoms with van der Waals surface area (Å²) < 4.78 is 20.1. The lowest BCUT2D eigenvalue weighted by Gasteiger charge is -2.14. The van der Waals surface area contributed by atoms with Gasteiger partial charge in [-0.15, -0.1) is 0 Å². The second-order valence-electron chi connectivity index (χ2n) is 4.00. The molecule has 0 saturated heterocycles. The van der Waals surface area contributed by atoms with Crippen molar-refractivity contribution < 1.29 is 14.2 Å². The molecule has 0 saturated carbocycles. The molecule has 0 radical (unpaired) electrons. The summed E-state index contributed by atoms with van der Waals surface area (Å²) in [5.41, 5.74) is 0.110. The van der Waals surface area contributed by atoms with Crippen LogP contribution in [0.4, 0.5) is 4.39 Å². The Bertz CT molecular complexity index is 602. The van der Waals surface area contributed by atoms with Crippen LogP contribution in [0.3, 0.4) is 0 Å². The largest absolute Gasteiger partial charge is 0.455 e. The highest BCUT2D eigenvalue weighted by Gasteiger charge is 2.16. The number of hydrogen-bond donors (Lipinski definition) is 1. The molecule has 2 rings (SSSR count). The zero-order valence-electron chi connectivity index (χ0n) is 10.0. The van der Waals surface area contributed by atoms with Crippen LogP contribution < -0.4 is 4.74 Å². The molecule has 2 nitrogen and oxygen atoms in total. The van der Waals surface area contributed by atoms with Crippen molar-refractivity contribution in [3.05, 3.63) is 57.3 Å². The summed E-state index contributed by atoms with van der Waals surface area (Å²) in [6, 6.07) is 9.50. The number of aliphatic hydroxyl groups is 1. The highest BCUT2D eigenvalue weighted by Crippen LogP contribution is 2.36. The maximum absolute atomic E-state index is 13.7. The van der Waals surface area contributed by atoms with Crippen LogP contribution in [0.25, 0.3) is 0 Å². The van der Waals surface area contributed by atoms with Gasteiger partial charge in [-0.2, -0.15) is 0 Å². The Labute approximate surface area is 123 Å². The fourth-order valence-corrected chi connectivity index (χ4v) is 2.18. The van der Waals surface area contributed by atoms with E-state index in [1.807, 2.05) is 0 Å². The molecule has 0 amide bonds. The van der Waals surface area contributed by atoms with E-state index in [0.29, 0.717) is 10.8 Å². The molecule has 5 heteroatoms. The second-order valence-corrected chi connectivity index (χ2v) is 5.33. The molecule has 1 atom stereocenters. The van der Waals surface area contributed by atoms with Crippen molar-refractivity contribution in [1.29, 1.82) is 0 Å². The molecule has 0 aliphatic carbocycles. The predicted molar refractivity (Wildman–Crippen MR) is 76.3 cm³/mol. The van der Waals surface area contributed by atoms with Gasteiger partial charge in [0.15, 0.2) is 0 Å². The standard InChI is InChI=1S/C14H11BrClFO2/c1-8(18)14-11(17)3-2-4-12(14)19-13-7-9(15)5-6-10(13)16/h2-8,18H,1H3/t8-/m1/s1. The van der Waals surface area contributed by atoms with Crippen LogP contribution in [0.5, 0.6) is 11.5 Å². The lowest BCUT2D eigenvalue weighted by Crippen LogP contribution is -2.00. The van der Waals surface area contributed by atoms with Gasteiger partial charge in [0.1, 0.15) is 17.3 Å². The summed E-state index contributed by atoms with van der Waals surface area (Å²) in [6.45, 7) is 1.48. The quantitative estimate of drug-likeness (QED) is 0.840. The summed E-state index contributed by atoms with van der Waals surface area (Å²) in [7, 11) is 0. The molecule has 0 fully saturated rings. The Balaban J connectivity index is 2.44. The SMILES string of the molecule is C[C@@H](O)c1c(F)cccc1Oc1cc(Br)ccc1Cl. The normalized spacial score (nSPS) is 12.3. The summed E-state index contributed by atoms with van der Waals surface area (Å²) in [6.07, 6.45) is -0.970. The van der Waals surface area contributed by atoms with Gasteiger partial charge in [-0.3, -0.25) is 0 Å². The van der Waals surface area contributed by atoms with Gasteiger partial charge >= 0.3 is 0 Å². The number of hydrogen-bond acceptors (Lipinski definition) is 2. The molecule has 0 spiro atoms. The van der Waals surface area contributed by atoms with Crippen LogP contribution in [-0.4, -0.2) is 5.11 Å². The first kappa shape index (κ1) is 14.3. The first-order chi connectivity index (χ1) is 8.99. The van der Waals surface area contributed by atoms with Gasteiger partial charge in [0.2, 0.25) is 0 Å². The van der Waals surface area contributed by atoms with Crippen molar-refractivity contribution >= 4 is 27.5 Å². The van der Waals surface area contributed by atoms with Crippen LogP contribution in [0, 0.1) is 5.82 Å². The Kier molecular flexibility index (Phi) is 4.45. The number of aliphatic hydroxyl groups excluding tert-OH is 1. The zero-order chi connectivity index (χ0) is 14.0. The number of halogens is 3. The summed E-state index contributed by atoms with van der Waals surface area (Å²) in [5, 5.41) is 10.0. The minimum Gasteiger partial charge on any atom is -0.455 e. The van der Waals surface area contributed by atoms with Crippen LogP contribution in [-0.2, 0) is 0 Å². The minimum absolute atomic E-state index is 0.110.